The molecule has 1 aromatic carbocycles. The number of aliphatic carboxylic acids is 1. The summed E-state index contributed by atoms with van der Waals surface area (Å²) in [5.41, 5.74) is 10.6. The van der Waals surface area contributed by atoms with Crippen molar-refractivity contribution in [2.75, 3.05) is 6.54 Å². The number of esters is 1. The van der Waals surface area contributed by atoms with Gasteiger partial charge >= 0.3 is 29.9 Å². The zero-order valence-corrected chi connectivity index (χ0v) is 15.5. The largest absolute Gasteiger partial charge is 0.480 e. The van der Waals surface area contributed by atoms with Gasteiger partial charge in [-0.3, -0.25) is 4.79 Å². The quantitative estimate of drug-likeness (QED) is 0.258. The highest BCUT2D eigenvalue weighted by atomic mass is 19.4. The van der Waals surface area contributed by atoms with E-state index in [1.807, 2.05) is 0 Å². The highest BCUT2D eigenvalue weighted by Gasteiger charge is 2.75. The van der Waals surface area contributed by atoms with E-state index in [1.165, 1.54) is 24.3 Å². The number of carboxylic acid groups (broad SMARTS) is 1. The van der Waals surface area contributed by atoms with Crippen molar-refractivity contribution >= 4 is 11.9 Å². The second-order valence-corrected chi connectivity index (χ2v) is 5.99. The molecule has 6 N–H and O–H groups in total. The van der Waals surface area contributed by atoms with Gasteiger partial charge in [0.1, 0.15) is 12.6 Å². The summed E-state index contributed by atoms with van der Waals surface area (Å²) < 4.78 is 78.4. The maximum Gasteiger partial charge on any atom is 0.455 e. The van der Waals surface area contributed by atoms with Crippen LogP contribution in [0, 0.1) is 0 Å². The molecule has 0 bridgehead atoms. The number of nitrogens with two attached hydrogens (primary N) is 2. The molecule has 0 amide bonds. The Morgan fingerprint density at radius 1 is 1.03 bits per heavy atom. The smallest absolute Gasteiger partial charge is 0.455 e. The topological polar surface area (TPSA) is 136 Å². The number of hydrogen-bond acceptors (Lipinski definition) is 6. The van der Waals surface area contributed by atoms with E-state index in [-0.39, 0.29) is 5.56 Å². The van der Waals surface area contributed by atoms with Crippen LogP contribution in [0.4, 0.5) is 26.3 Å². The van der Waals surface area contributed by atoms with E-state index in [2.05, 4.69) is 4.74 Å². The van der Waals surface area contributed by atoms with E-state index in [0.29, 0.717) is 13.0 Å². The molecule has 7 nitrogen and oxygen atoms in total. The summed E-state index contributed by atoms with van der Waals surface area (Å²) in [7, 11) is 0. The molecule has 0 heterocycles. The van der Waals surface area contributed by atoms with E-state index >= 15 is 0 Å². The molecular weight excluding hydrogens is 426 g/mol. The lowest BCUT2D eigenvalue weighted by Gasteiger charge is -2.28. The Morgan fingerprint density at radius 3 is 2.00 bits per heavy atom. The number of carboxylic acids is 1. The Labute approximate surface area is 167 Å². The van der Waals surface area contributed by atoms with Crippen LogP contribution in [0.5, 0.6) is 0 Å². The van der Waals surface area contributed by atoms with Crippen LogP contribution in [0.3, 0.4) is 0 Å². The molecule has 13 heteroatoms. The second-order valence-electron chi connectivity index (χ2n) is 5.99. The van der Waals surface area contributed by atoms with Gasteiger partial charge in [0, 0.05) is 0 Å². The van der Waals surface area contributed by atoms with Crippen LogP contribution in [-0.2, 0) is 20.9 Å². The van der Waals surface area contributed by atoms with Crippen molar-refractivity contribution in [3.05, 3.63) is 35.9 Å². The van der Waals surface area contributed by atoms with Gasteiger partial charge in [0.25, 0.3) is 0 Å². The fourth-order valence-corrected chi connectivity index (χ4v) is 1.76. The number of alkyl halides is 6. The summed E-state index contributed by atoms with van der Waals surface area (Å²) in [6, 6.07) is 6.45. The normalized spacial score (nSPS) is 14.7. The van der Waals surface area contributed by atoms with Crippen molar-refractivity contribution < 1.29 is 50.9 Å². The average molecular weight is 448 g/mol. The molecule has 0 spiro atoms. The maximum absolute atomic E-state index is 13.0. The molecule has 2 atom stereocenters. The zero-order chi connectivity index (χ0) is 23.6. The molecule has 30 heavy (non-hydrogen) atoms. The number of aliphatic hydroxyl groups is 1. The van der Waals surface area contributed by atoms with Gasteiger partial charge in [-0.25, -0.2) is 4.79 Å². The number of benzene rings is 1. The Kier molecular flexibility index (Phi) is 10.8. The molecule has 0 fully saturated rings. The lowest BCUT2D eigenvalue weighted by molar-refractivity contribution is -0.378. The van der Waals surface area contributed by atoms with E-state index in [1.54, 1.807) is 6.07 Å². The van der Waals surface area contributed by atoms with Crippen LogP contribution in [0.2, 0.25) is 0 Å². The van der Waals surface area contributed by atoms with Crippen LogP contribution in [-0.4, -0.2) is 52.7 Å². The van der Waals surface area contributed by atoms with E-state index in [4.69, 9.17) is 21.7 Å². The summed E-state index contributed by atoms with van der Waals surface area (Å²) in [6.45, 7) is -0.185. The third-order valence-electron chi connectivity index (χ3n) is 3.55. The summed E-state index contributed by atoms with van der Waals surface area (Å²) in [4.78, 5) is 21.0. The number of rotatable bonds is 9. The van der Waals surface area contributed by atoms with Gasteiger partial charge < -0.3 is 26.4 Å². The zero-order valence-electron chi connectivity index (χ0n) is 15.5. The van der Waals surface area contributed by atoms with Gasteiger partial charge in [-0.1, -0.05) is 36.8 Å². The predicted octanol–water partition coefficient (Wildman–Crippen LogP) is 2.11. The Morgan fingerprint density at radius 2 is 1.57 bits per heavy atom. The third-order valence-corrected chi connectivity index (χ3v) is 3.55. The standard InChI is InChI=1S/C11H8F6O3.C6H14N2O2/c12-9(13,10(14,19)11(15,16)17)8(18)20-6-7-4-2-1-3-5-7;7-4-2-1-3-5(8)6(9)10/h1-5,19H,6H2;5H,1-4,7-8H2,(H,9,10)/t;5-/m.0/s1. The molecule has 0 aliphatic carbocycles. The molecule has 0 aromatic heterocycles. The number of carbonyl (C=O) groups excluding carboxylic acids is 1. The molecule has 0 radical (unpaired) electrons. The molecule has 1 aromatic rings. The minimum atomic E-state index is -6.34. The number of carbonyl (C=O) groups is 2. The van der Waals surface area contributed by atoms with Gasteiger partial charge in [-0.15, -0.1) is 0 Å². The first-order chi connectivity index (χ1) is 13.7. The van der Waals surface area contributed by atoms with E-state index < -0.39 is 42.5 Å². The summed E-state index contributed by atoms with van der Waals surface area (Å²) in [6.07, 6.45) is -4.18. The summed E-state index contributed by atoms with van der Waals surface area (Å²) in [5, 5.41) is 16.5. The molecule has 1 rings (SSSR count). The number of halogens is 6. The lowest BCUT2D eigenvalue weighted by atomic mass is 10.1. The Bertz CT molecular complexity index is 670. The third kappa shape index (κ3) is 8.16. The molecule has 1 unspecified atom stereocenters. The van der Waals surface area contributed by atoms with Crippen LogP contribution >= 0.6 is 0 Å². The second kappa shape index (κ2) is 11.7. The fraction of sp³-hybridized carbons (Fsp3) is 0.529. The van der Waals surface area contributed by atoms with Gasteiger partial charge in [0.2, 0.25) is 0 Å². The van der Waals surface area contributed by atoms with Gasteiger partial charge in [-0.05, 0) is 24.9 Å². The molecule has 0 aliphatic rings. The van der Waals surface area contributed by atoms with Gasteiger partial charge in [0.15, 0.2) is 0 Å². The summed E-state index contributed by atoms with van der Waals surface area (Å²) in [5.74, 6) is -15.5. The fourth-order valence-electron chi connectivity index (χ4n) is 1.76. The highest BCUT2D eigenvalue weighted by molar-refractivity contribution is 5.79. The highest BCUT2D eigenvalue weighted by Crippen LogP contribution is 2.43. The average Bonchev–Trinajstić information content (AvgIpc) is 2.66. The monoisotopic (exact) mass is 448 g/mol. The van der Waals surface area contributed by atoms with Crippen molar-refractivity contribution in [2.24, 2.45) is 11.5 Å². The van der Waals surface area contributed by atoms with Crippen LogP contribution in [0.1, 0.15) is 24.8 Å². The Hall–Kier alpha value is -2.38. The minimum absolute atomic E-state index is 0.200. The van der Waals surface area contributed by atoms with Crippen LogP contribution in [0.25, 0.3) is 0 Å². The molecule has 0 saturated carbocycles. The van der Waals surface area contributed by atoms with Crippen molar-refractivity contribution in [2.45, 2.75) is 49.9 Å². The number of unbranched alkanes of at least 4 members (excludes halogenated alkanes) is 1. The van der Waals surface area contributed by atoms with E-state index in [9.17, 15) is 35.9 Å². The molecular formula is C17H22F6N2O5. The predicted molar refractivity (Wildman–Crippen MR) is 91.8 cm³/mol. The molecule has 172 valence electrons. The summed E-state index contributed by atoms with van der Waals surface area (Å²) >= 11 is 0. The molecule has 0 saturated heterocycles. The first-order valence-corrected chi connectivity index (χ1v) is 8.43. The Balaban J connectivity index is 0.000000710. The lowest BCUT2D eigenvalue weighted by Crippen LogP contribution is -2.59. The van der Waals surface area contributed by atoms with Gasteiger partial charge in [-0.2, -0.15) is 26.3 Å². The number of ether oxygens (including phenoxy) is 1. The first-order valence-electron chi connectivity index (χ1n) is 8.43. The molecule has 0 aliphatic heterocycles. The van der Waals surface area contributed by atoms with Crippen molar-refractivity contribution in [3.63, 3.8) is 0 Å². The number of hydrogen-bond donors (Lipinski definition) is 4. The minimum Gasteiger partial charge on any atom is -0.480 e. The van der Waals surface area contributed by atoms with E-state index in [0.717, 1.165) is 12.8 Å². The van der Waals surface area contributed by atoms with Gasteiger partial charge in [0.05, 0.1) is 0 Å². The van der Waals surface area contributed by atoms with Crippen molar-refractivity contribution in [3.8, 4) is 0 Å². The SMILES string of the molecule is NCCCC[C@H](N)C(=O)O.O=C(OCc1ccccc1)C(F)(F)C(O)(F)C(F)(F)F. The maximum atomic E-state index is 13.0. The van der Waals surface area contributed by atoms with Crippen molar-refractivity contribution in [1.82, 2.24) is 0 Å². The van der Waals surface area contributed by atoms with Crippen LogP contribution in [0.15, 0.2) is 30.3 Å². The van der Waals surface area contributed by atoms with Crippen LogP contribution < -0.4 is 11.5 Å². The van der Waals surface area contributed by atoms with Crippen molar-refractivity contribution in [1.29, 1.82) is 0 Å². The first kappa shape index (κ1) is 27.6.